The Hall–Kier alpha value is -1.88. The van der Waals surface area contributed by atoms with Gasteiger partial charge < -0.3 is 16.0 Å². The molecule has 0 aromatic heterocycles. The third-order valence-corrected chi connectivity index (χ3v) is 5.03. The lowest BCUT2D eigenvalue weighted by atomic mass is 9.90. The Morgan fingerprint density at radius 1 is 1.08 bits per heavy atom. The molecule has 2 amide bonds. The first kappa shape index (κ1) is 17.0. The molecule has 1 aromatic rings. The molecule has 1 saturated carbocycles. The van der Waals surface area contributed by atoms with Gasteiger partial charge in [0.05, 0.1) is 5.92 Å². The maximum atomic E-state index is 12.5. The number of rotatable bonds is 5. The summed E-state index contributed by atoms with van der Waals surface area (Å²) in [6.45, 7) is 1.40. The molecule has 5 nitrogen and oxygen atoms in total. The minimum absolute atomic E-state index is 0.0556. The van der Waals surface area contributed by atoms with Crippen LogP contribution >= 0.6 is 0 Å². The Bertz CT molecular complexity index is 580. The van der Waals surface area contributed by atoms with Crippen molar-refractivity contribution in [2.24, 2.45) is 0 Å². The van der Waals surface area contributed by atoms with Crippen molar-refractivity contribution in [3.8, 4) is 0 Å². The first-order valence-corrected chi connectivity index (χ1v) is 9.14. The fourth-order valence-corrected chi connectivity index (χ4v) is 3.71. The van der Waals surface area contributed by atoms with Gasteiger partial charge in [-0.05, 0) is 24.5 Å². The van der Waals surface area contributed by atoms with E-state index in [1.807, 2.05) is 24.3 Å². The zero-order valence-corrected chi connectivity index (χ0v) is 14.1. The van der Waals surface area contributed by atoms with Gasteiger partial charge in [0.25, 0.3) is 0 Å². The Kier molecular flexibility index (Phi) is 5.86. The fraction of sp³-hybridized carbons (Fsp3) is 0.579. The molecule has 3 rings (SSSR count). The summed E-state index contributed by atoms with van der Waals surface area (Å²) in [6, 6.07) is 8.13. The third kappa shape index (κ3) is 4.35. The SMILES string of the molecule is O=C1CC(C(=O)NCCNC2CCCCCC2)c2ccccc2N1. The minimum atomic E-state index is -0.382. The molecule has 2 aliphatic rings. The summed E-state index contributed by atoms with van der Waals surface area (Å²) in [5.74, 6) is -0.529. The van der Waals surface area contributed by atoms with Crippen LogP contribution in [-0.2, 0) is 9.59 Å². The van der Waals surface area contributed by atoms with E-state index in [9.17, 15) is 9.59 Å². The molecule has 3 N–H and O–H groups in total. The van der Waals surface area contributed by atoms with E-state index in [0.717, 1.165) is 17.8 Å². The van der Waals surface area contributed by atoms with Gasteiger partial charge in [-0.2, -0.15) is 0 Å². The van der Waals surface area contributed by atoms with Crippen LogP contribution in [0.25, 0.3) is 0 Å². The molecular formula is C19H27N3O2. The van der Waals surface area contributed by atoms with Crippen LogP contribution in [0.2, 0.25) is 0 Å². The number of carbonyl (C=O) groups is 2. The van der Waals surface area contributed by atoms with E-state index in [1.54, 1.807) is 0 Å². The monoisotopic (exact) mass is 329 g/mol. The molecule has 0 bridgehead atoms. The number of para-hydroxylation sites is 1. The van der Waals surface area contributed by atoms with Gasteiger partial charge in [0.15, 0.2) is 0 Å². The highest BCUT2D eigenvalue weighted by Gasteiger charge is 2.30. The molecule has 5 heteroatoms. The molecule has 1 aliphatic heterocycles. The predicted octanol–water partition coefficient (Wildman–Crippen LogP) is 2.54. The highest BCUT2D eigenvalue weighted by molar-refractivity contribution is 6.01. The lowest BCUT2D eigenvalue weighted by Gasteiger charge is -2.25. The van der Waals surface area contributed by atoms with Gasteiger partial charge in [-0.1, -0.05) is 43.9 Å². The van der Waals surface area contributed by atoms with Crippen molar-refractivity contribution < 1.29 is 9.59 Å². The van der Waals surface area contributed by atoms with Crippen molar-refractivity contribution in [1.29, 1.82) is 0 Å². The van der Waals surface area contributed by atoms with Gasteiger partial charge >= 0.3 is 0 Å². The van der Waals surface area contributed by atoms with Crippen LogP contribution in [0.1, 0.15) is 56.4 Å². The maximum Gasteiger partial charge on any atom is 0.228 e. The van der Waals surface area contributed by atoms with Crippen LogP contribution in [0, 0.1) is 0 Å². The highest BCUT2D eigenvalue weighted by Crippen LogP contribution is 2.31. The zero-order valence-electron chi connectivity index (χ0n) is 14.1. The number of anilines is 1. The van der Waals surface area contributed by atoms with Gasteiger partial charge in [-0.15, -0.1) is 0 Å². The largest absolute Gasteiger partial charge is 0.354 e. The van der Waals surface area contributed by atoms with E-state index in [-0.39, 0.29) is 24.2 Å². The molecule has 1 aliphatic carbocycles. The average molecular weight is 329 g/mol. The quantitative estimate of drug-likeness (QED) is 0.574. The topological polar surface area (TPSA) is 70.2 Å². The first-order valence-electron chi connectivity index (χ1n) is 9.14. The van der Waals surface area contributed by atoms with Crippen LogP contribution in [0.4, 0.5) is 5.69 Å². The molecule has 0 spiro atoms. The highest BCUT2D eigenvalue weighted by atomic mass is 16.2. The molecule has 130 valence electrons. The molecule has 24 heavy (non-hydrogen) atoms. The van der Waals surface area contributed by atoms with Crippen molar-refractivity contribution >= 4 is 17.5 Å². The Balaban J connectivity index is 1.47. The fourth-order valence-electron chi connectivity index (χ4n) is 3.71. The second-order valence-corrected chi connectivity index (χ2v) is 6.83. The Labute approximate surface area is 143 Å². The number of fused-ring (bicyclic) bond motifs is 1. The Morgan fingerprint density at radius 3 is 2.62 bits per heavy atom. The number of hydrogen-bond donors (Lipinski definition) is 3. The molecule has 1 aromatic carbocycles. The summed E-state index contributed by atoms with van der Waals surface area (Å²) in [5, 5.41) is 9.37. The first-order chi connectivity index (χ1) is 11.7. The second-order valence-electron chi connectivity index (χ2n) is 6.83. The molecule has 1 fully saturated rings. The van der Waals surface area contributed by atoms with E-state index in [4.69, 9.17) is 0 Å². The maximum absolute atomic E-state index is 12.5. The number of benzene rings is 1. The molecule has 0 saturated heterocycles. The van der Waals surface area contributed by atoms with Crippen LogP contribution in [0.5, 0.6) is 0 Å². The van der Waals surface area contributed by atoms with E-state index in [0.29, 0.717) is 12.6 Å². The van der Waals surface area contributed by atoms with Gasteiger partial charge in [-0.3, -0.25) is 9.59 Å². The minimum Gasteiger partial charge on any atom is -0.354 e. The van der Waals surface area contributed by atoms with Gasteiger partial charge in [-0.25, -0.2) is 0 Å². The van der Waals surface area contributed by atoms with Gasteiger partial charge in [0, 0.05) is 31.2 Å². The number of nitrogens with one attached hydrogen (secondary N) is 3. The van der Waals surface area contributed by atoms with Crippen LogP contribution in [0.3, 0.4) is 0 Å². The van der Waals surface area contributed by atoms with Crippen molar-refractivity contribution in [3.05, 3.63) is 29.8 Å². The molecular weight excluding hydrogens is 302 g/mol. The summed E-state index contributed by atoms with van der Waals surface area (Å²) < 4.78 is 0. The van der Waals surface area contributed by atoms with E-state index in [2.05, 4.69) is 16.0 Å². The third-order valence-electron chi connectivity index (χ3n) is 5.03. The van der Waals surface area contributed by atoms with E-state index < -0.39 is 0 Å². The summed E-state index contributed by atoms with van der Waals surface area (Å²) in [4.78, 5) is 24.3. The van der Waals surface area contributed by atoms with Crippen LogP contribution < -0.4 is 16.0 Å². The summed E-state index contributed by atoms with van der Waals surface area (Å²) in [5.41, 5.74) is 1.66. The van der Waals surface area contributed by atoms with Crippen molar-refractivity contribution in [1.82, 2.24) is 10.6 Å². The van der Waals surface area contributed by atoms with Crippen LogP contribution in [-0.4, -0.2) is 30.9 Å². The second kappa shape index (κ2) is 8.29. The predicted molar refractivity (Wildman–Crippen MR) is 94.9 cm³/mol. The van der Waals surface area contributed by atoms with E-state index in [1.165, 1.54) is 38.5 Å². The van der Waals surface area contributed by atoms with E-state index >= 15 is 0 Å². The average Bonchev–Trinajstić information content (AvgIpc) is 2.86. The molecule has 1 heterocycles. The smallest absolute Gasteiger partial charge is 0.228 e. The van der Waals surface area contributed by atoms with Gasteiger partial charge in [0.1, 0.15) is 0 Å². The zero-order chi connectivity index (χ0) is 16.8. The summed E-state index contributed by atoms with van der Waals surface area (Å²) in [7, 11) is 0. The van der Waals surface area contributed by atoms with Crippen molar-refractivity contribution in [3.63, 3.8) is 0 Å². The molecule has 1 atom stereocenters. The van der Waals surface area contributed by atoms with Crippen molar-refractivity contribution in [2.45, 2.75) is 56.9 Å². The molecule has 1 unspecified atom stereocenters. The van der Waals surface area contributed by atoms with Crippen molar-refractivity contribution in [2.75, 3.05) is 18.4 Å². The molecule has 0 radical (unpaired) electrons. The Morgan fingerprint density at radius 2 is 1.83 bits per heavy atom. The summed E-state index contributed by atoms with van der Waals surface area (Å²) >= 11 is 0. The summed E-state index contributed by atoms with van der Waals surface area (Å²) in [6.07, 6.45) is 8.00. The lowest BCUT2D eigenvalue weighted by Crippen LogP contribution is -2.40. The number of hydrogen-bond acceptors (Lipinski definition) is 3. The normalized spacial score (nSPS) is 21.5. The lowest BCUT2D eigenvalue weighted by molar-refractivity contribution is -0.126. The standard InChI is InChI=1S/C19H27N3O2/c23-18-13-16(15-9-5-6-10-17(15)22-18)19(24)21-12-11-20-14-7-3-1-2-4-8-14/h5-6,9-10,14,16,20H,1-4,7-8,11-13H2,(H,21,24)(H,22,23). The number of amides is 2. The number of carbonyl (C=O) groups excluding carboxylic acids is 2. The van der Waals surface area contributed by atoms with Gasteiger partial charge in [0.2, 0.25) is 11.8 Å². The van der Waals surface area contributed by atoms with Crippen LogP contribution in [0.15, 0.2) is 24.3 Å².